The van der Waals surface area contributed by atoms with Crippen LogP contribution in [0.3, 0.4) is 0 Å². The quantitative estimate of drug-likeness (QED) is 0.750. The van der Waals surface area contributed by atoms with Crippen molar-refractivity contribution in [3.05, 3.63) is 65.2 Å². The number of benzene rings is 1. The minimum Gasteiger partial charge on any atom is -0.469 e. The third-order valence-electron chi connectivity index (χ3n) is 3.79. The van der Waals surface area contributed by atoms with Crippen LogP contribution < -0.4 is 0 Å². The third-order valence-corrected chi connectivity index (χ3v) is 3.79. The van der Waals surface area contributed by atoms with Gasteiger partial charge in [0.1, 0.15) is 17.4 Å². The summed E-state index contributed by atoms with van der Waals surface area (Å²) in [6.07, 6.45) is 1.01. The number of aryl methyl sites for hydroxylation is 1. The molecule has 0 fully saturated rings. The second kappa shape index (κ2) is 6.22. The highest BCUT2D eigenvalue weighted by atomic mass is 16.5. The van der Waals surface area contributed by atoms with Crippen molar-refractivity contribution >= 4 is 16.9 Å². The number of esters is 1. The molecule has 1 atom stereocenters. The van der Waals surface area contributed by atoms with Crippen LogP contribution in [0, 0.1) is 6.92 Å². The van der Waals surface area contributed by atoms with Crippen LogP contribution in [0.5, 0.6) is 0 Å². The number of pyridine rings is 1. The van der Waals surface area contributed by atoms with Crippen molar-refractivity contribution in [3.63, 3.8) is 0 Å². The number of methoxy groups -OCH3 is 1. The molecule has 0 radical (unpaired) electrons. The Bertz CT molecular complexity index is 853. The lowest BCUT2D eigenvalue weighted by Gasteiger charge is -2.09. The zero-order valence-corrected chi connectivity index (χ0v) is 12.9. The number of aliphatic hydroxyl groups is 1. The summed E-state index contributed by atoms with van der Waals surface area (Å²) < 4.78 is 10.4. The molecule has 0 aliphatic carbocycles. The van der Waals surface area contributed by atoms with Crippen LogP contribution in [0.15, 0.2) is 47.0 Å². The first-order chi connectivity index (χ1) is 11.1. The van der Waals surface area contributed by atoms with E-state index >= 15 is 0 Å². The summed E-state index contributed by atoms with van der Waals surface area (Å²) in [7, 11) is 1.36. The van der Waals surface area contributed by atoms with Gasteiger partial charge < -0.3 is 14.3 Å². The molecule has 0 saturated heterocycles. The second-order valence-electron chi connectivity index (χ2n) is 5.35. The fraction of sp³-hybridized carbons (Fsp3) is 0.222. The first-order valence-corrected chi connectivity index (χ1v) is 7.27. The van der Waals surface area contributed by atoms with Gasteiger partial charge in [-0.15, -0.1) is 0 Å². The summed E-state index contributed by atoms with van der Waals surface area (Å²) in [5.74, 6) is 0.158. The maximum absolute atomic E-state index is 11.4. The van der Waals surface area contributed by atoms with Crippen LogP contribution >= 0.6 is 0 Å². The molecule has 0 bridgehead atoms. The van der Waals surface area contributed by atoms with Crippen LogP contribution in [-0.2, 0) is 16.0 Å². The van der Waals surface area contributed by atoms with E-state index in [1.807, 2.05) is 25.1 Å². The van der Waals surface area contributed by atoms with Crippen LogP contribution in [0.1, 0.15) is 28.7 Å². The molecule has 118 valence electrons. The van der Waals surface area contributed by atoms with E-state index in [1.165, 1.54) is 7.11 Å². The molecule has 2 aromatic heterocycles. The topological polar surface area (TPSA) is 72.6 Å². The number of hydrogen-bond donors (Lipinski definition) is 1. The lowest BCUT2D eigenvalue weighted by Crippen LogP contribution is -2.03. The van der Waals surface area contributed by atoms with Crippen LogP contribution in [-0.4, -0.2) is 23.2 Å². The van der Waals surface area contributed by atoms with Crippen molar-refractivity contribution in [1.29, 1.82) is 0 Å². The highest BCUT2D eigenvalue weighted by Crippen LogP contribution is 2.29. The van der Waals surface area contributed by atoms with E-state index in [2.05, 4.69) is 9.72 Å². The van der Waals surface area contributed by atoms with Crippen molar-refractivity contribution in [2.45, 2.75) is 19.4 Å². The summed E-state index contributed by atoms with van der Waals surface area (Å²) in [5, 5.41) is 11.4. The highest BCUT2D eigenvalue weighted by Gasteiger charge is 2.18. The van der Waals surface area contributed by atoms with Gasteiger partial charge in [0.25, 0.3) is 0 Å². The van der Waals surface area contributed by atoms with E-state index in [4.69, 9.17) is 4.42 Å². The summed E-state index contributed by atoms with van der Waals surface area (Å²) in [4.78, 5) is 15.5. The van der Waals surface area contributed by atoms with Gasteiger partial charge in [0.2, 0.25) is 0 Å². The number of ether oxygens (including phenoxy) is 1. The van der Waals surface area contributed by atoms with E-state index in [0.717, 1.165) is 16.6 Å². The molecule has 0 saturated carbocycles. The van der Waals surface area contributed by atoms with Crippen molar-refractivity contribution in [1.82, 2.24) is 4.98 Å². The van der Waals surface area contributed by atoms with Gasteiger partial charge in [-0.1, -0.05) is 12.1 Å². The molecule has 0 amide bonds. The standard InChI is InChI=1S/C18H17NO4/c1-11-14(4-3-7-19-11)18(21)16-10-13-8-12(9-17(20)22-2)5-6-15(13)23-16/h3-8,10,18,21H,9H2,1-2H3. The summed E-state index contributed by atoms with van der Waals surface area (Å²) in [5.41, 5.74) is 2.96. The van der Waals surface area contributed by atoms with Gasteiger partial charge in [-0.25, -0.2) is 0 Å². The molecule has 23 heavy (non-hydrogen) atoms. The Labute approximate surface area is 133 Å². The number of furan rings is 1. The summed E-state index contributed by atoms with van der Waals surface area (Å²) in [6, 6.07) is 10.9. The Kier molecular flexibility index (Phi) is 4.12. The number of carbonyl (C=O) groups excluding carboxylic acids is 1. The molecule has 1 N–H and O–H groups in total. The monoisotopic (exact) mass is 311 g/mol. The zero-order chi connectivity index (χ0) is 16.4. The van der Waals surface area contributed by atoms with Crippen molar-refractivity contribution in [3.8, 4) is 0 Å². The fourth-order valence-electron chi connectivity index (χ4n) is 2.54. The zero-order valence-electron chi connectivity index (χ0n) is 12.9. The first kappa shape index (κ1) is 15.2. The first-order valence-electron chi connectivity index (χ1n) is 7.27. The average molecular weight is 311 g/mol. The van der Waals surface area contributed by atoms with Crippen molar-refractivity contribution in [2.75, 3.05) is 7.11 Å². The number of aromatic nitrogens is 1. The maximum atomic E-state index is 11.4. The molecule has 1 aromatic carbocycles. The number of aliphatic hydroxyl groups excluding tert-OH is 1. The van der Waals surface area contributed by atoms with Gasteiger partial charge in [0.15, 0.2) is 0 Å². The minimum absolute atomic E-state index is 0.206. The van der Waals surface area contributed by atoms with Gasteiger partial charge in [-0.2, -0.15) is 0 Å². The molecule has 3 rings (SSSR count). The SMILES string of the molecule is COC(=O)Cc1ccc2oc(C(O)c3cccnc3C)cc2c1. The lowest BCUT2D eigenvalue weighted by atomic mass is 10.1. The normalized spacial score (nSPS) is 12.3. The maximum Gasteiger partial charge on any atom is 0.309 e. The Morgan fingerprint density at radius 3 is 2.91 bits per heavy atom. The molecule has 5 heteroatoms. The van der Waals surface area contributed by atoms with Gasteiger partial charge in [-0.3, -0.25) is 9.78 Å². The predicted octanol–water partition coefficient (Wildman–Crippen LogP) is 2.93. The molecule has 2 heterocycles. The fourth-order valence-corrected chi connectivity index (χ4v) is 2.54. The second-order valence-corrected chi connectivity index (χ2v) is 5.35. The smallest absolute Gasteiger partial charge is 0.309 e. The lowest BCUT2D eigenvalue weighted by molar-refractivity contribution is -0.139. The Hall–Kier alpha value is -2.66. The minimum atomic E-state index is -0.875. The van der Waals surface area contributed by atoms with Crippen LogP contribution in [0.4, 0.5) is 0 Å². The predicted molar refractivity (Wildman–Crippen MR) is 85.0 cm³/mol. The number of rotatable bonds is 4. The number of hydrogen-bond acceptors (Lipinski definition) is 5. The molecule has 5 nitrogen and oxygen atoms in total. The molecule has 1 unspecified atom stereocenters. The number of nitrogens with zero attached hydrogens (tertiary/aromatic N) is 1. The van der Waals surface area contributed by atoms with Gasteiger partial charge in [0, 0.05) is 22.8 Å². The van der Waals surface area contributed by atoms with E-state index in [0.29, 0.717) is 16.9 Å². The van der Waals surface area contributed by atoms with E-state index < -0.39 is 6.10 Å². The van der Waals surface area contributed by atoms with Crippen LogP contribution in [0.2, 0.25) is 0 Å². The third kappa shape index (κ3) is 3.10. The molecule has 0 aliphatic heterocycles. The Morgan fingerprint density at radius 2 is 2.17 bits per heavy atom. The molecule has 0 aliphatic rings. The summed E-state index contributed by atoms with van der Waals surface area (Å²) >= 11 is 0. The molecular weight excluding hydrogens is 294 g/mol. The molecule has 0 spiro atoms. The van der Waals surface area contributed by atoms with Crippen molar-refractivity contribution < 1.29 is 19.1 Å². The van der Waals surface area contributed by atoms with Crippen molar-refractivity contribution in [2.24, 2.45) is 0 Å². The molecular formula is C18H17NO4. The number of carbonyl (C=O) groups is 1. The number of fused-ring (bicyclic) bond motifs is 1. The highest BCUT2D eigenvalue weighted by molar-refractivity contribution is 5.81. The van der Waals surface area contributed by atoms with E-state index in [9.17, 15) is 9.90 Å². The Morgan fingerprint density at radius 1 is 1.35 bits per heavy atom. The largest absolute Gasteiger partial charge is 0.469 e. The van der Waals surface area contributed by atoms with E-state index in [1.54, 1.807) is 24.4 Å². The summed E-state index contributed by atoms with van der Waals surface area (Å²) in [6.45, 7) is 1.84. The van der Waals surface area contributed by atoms with E-state index in [-0.39, 0.29) is 12.4 Å². The molecule has 3 aromatic rings. The van der Waals surface area contributed by atoms with Gasteiger partial charge in [0.05, 0.1) is 13.5 Å². The van der Waals surface area contributed by atoms with Gasteiger partial charge in [-0.05, 0) is 36.8 Å². The Balaban J connectivity index is 1.94. The average Bonchev–Trinajstić information content (AvgIpc) is 2.97. The van der Waals surface area contributed by atoms with Gasteiger partial charge >= 0.3 is 5.97 Å². The van der Waals surface area contributed by atoms with Crippen LogP contribution in [0.25, 0.3) is 11.0 Å².